The molecule has 0 amide bonds. The summed E-state index contributed by atoms with van der Waals surface area (Å²) in [5, 5.41) is 5.79. The van der Waals surface area contributed by atoms with Crippen LogP contribution in [0.1, 0.15) is 18.9 Å². The number of anilines is 1. The number of hydrogen-bond acceptors (Lipinski definition) is 6. The fraction of sp³-hybridized carbons (Fsp3) is 0.158. The Hall–Kier alpha value is -2.90. The van der Waals surface area contributed by atoms with Crippen LogP contribution >= 0.6 is 23.2 Å². The van der Waals surface area contributed by atoms with Crippen LogP contribution in [0.4, 0.5) is 5.82 Å². The maximum atomic E-state index is 6.42. The molecule has 4 rings (SSSR count). The first kappa shape index (κ1) is 18.5. The molecule has 0 aliphatic rings. The number of aromatic nitrogens is 5. The normalized spacial score (nSPS) is 12.3. The van der Waals surface area contributed by atoms with Crippen molar-refractivity contribution in [2.75, 3.05) is 5.73 Å². The van der Waals surface area contributed by atoms with Crippen molar-refractivity contribution < 1.29 is 4.74 Å². The Labute approximate surface area is 171 Å². The molecule has 2 N–H and O–H groups in total. The predicted molar refractivity (Wildman–Crippen MR) is 109 cm³/mol. The van der Waals surface area contributed by atoms with E-state index in [0.29, 0.717) is 38.3 Å². The molecule has 0 saturated heterocycles. The van der Waals surface area contributed by atoms with Crippen molar-refractivity contribution in [3.63, 3.8) is 0 Å². The van der Waals surface area contributed by atoms with Crippen LogP contribution in [0.5, 0.6) is 5.75 Å². The minimum absolute atomic E-state index is 0.307. The van der Waals surface area contributed by atoms with Crippen molar-refractivity contribution in [2.45, 2.75) is 13.0 Å². The van der Waals surface area contributed by atoms with Gasteiger partial charge in [0.25, 0.3) is 0 Å². The number of benzene rings is 2. The molecular formula is C19H16Cl2N6O. The number of nitrogens with zero attached hydrogens (tertiary/aromatic N) is 5. The topological polar surface area (TPSA) is 91.7 Å². The summed E-state index contributed by atoms with van der Waals surface area (Å²) in [6.45, 7) is 1.86. The van der Waals surface area contributed by atoms with Crippen LogP contribution in [0, 0.1) is 0 Å². The van der Waals surface area contributed by atoms with E-state index in [-0.39, 0.29) is 6.10 Å². The number of aryl methyl sites for hydroxylation is 1. The van der Waals surface area contributed by atoms with Gasteiger partial charge in [0.1, 0.15) is 24.2 Å². The van der Waals surface area contributed by atoms with E-state index in [1.807, 2.05) is 31.2 Å². The van der Waals surface area contributed by atoms with Gasteiger partial charge < -0.3 is 10.5 Å². The third-order valence-electron chi connectivity index (χ3n) is 4.31. The van der Waals surface area contributed by atoms with E-state index in [0.717, 1.165) is 11.1 Å². The first-order valence-electron chi connectivity index (χ1n) is 8.45. The van der Waals surface area contributed by atoms with Gasteiger partial charge in [-0.05, 0) is 25.1 Å². The Morgan fingerprint density at radius 1 is 1.07 bits per heavy atom. The Morgan fingerprint density at radius 3 is 2.64 bits per heavy atom. The summed E-state index contributed by atoms with van der Waals surface area (Å²) in [6.07, 6.45) is 2.65. The monoisotopic (exact) mass is 414 g/mol. The summed E-state index contributed by atoms with van der Waals surface area (Å²) in [4.78, 5) is 12.8. The van der Waals surface area contributed by atoms with E-state index in [9.17, 15) is 0 Å². The van der Waals surface area contributed by atoms with Gasteiger partial charge in [-0.15, -0.1) is 0 Å². The van der Waals surface area contributed by atoms with Gasteiger partial charge in [0.15, 0.2) is 11.9 Å². The van der Waals surface area contributed by atoms with Crippen LogP contribution in [0.15, 0.2) is 43.0 Å². The van der Waals surface area contributed by atoms with Crippen LogP contribution in [-0.2, 0) is 7.05 Å². The lowest BCUT2D eigenvalue weighted by molar-refractivity contribution is 0.219. The van der Waals surface area contributed by atoms with E-state index in [1.54, 1.807) is 24.1 Å². The molecule has 0 spiro atoms. The lowest BCUT2D eigenvalue weighted by atomic mass is 10.0. The van der Waals surface area contributed by atoms with Gasteiger partial charge in [-0.2, -0.15) is 5.10 Å². The average Bonchev–Trinajstić information content (AvgIpc) is 3.11. The standard InChI is InChI=1S/C19H16Cl2N6O/c1-10(19-25-9-27(2)26-19)28-14-7-6-12(11-4-3-5-13(20)16(11)21)17-15(14)18(22)24-8-23-17/h3-10H,1-2H3,(H2,22,23,24)/t10-/m1/s1. The van der Waals surface area contributed by atoms with Crippen molar-refractivity contribution in [3.8, 4) is 16.9 Å². The highest BCUT2D eigenvalue weighted by molar-refractivity contribution is 6.44. The van der Waals surface area contributed by atoms with Crippen molar-refractivity contribution in [1.82, 2.24) is 24.7 Å². The Balaban J connectivity index is 1.85. The van der Waals surface area contributed by atoms with E-state index in [1.165, 1.54) is 6.33 Å². The van der Waals surface area contributed by atoms with Gasteiger partial charge in [0.05, 0.1) is 20.9 Å². The van der Waals surface area contributed by atoms with Crippen LogP contribution < -0.4 is 10.5 Å². The molecule has 7 nitrogen and oxygen atoms in total. The number of fused-ring (bicyclic) bond motifs is 1. The molecule has 0 saturated carbocycles. The number of hydrogen-bond donors (Lipinski definition) is 1. The molecule has 4 aromatic rings. The molecule has 28 heavy (non-hydrogen) atoms. The molecular weight excluding hydrogens is 399 g/mol. The summed E-state index contributed by atoms with van der Waals surface area (Å²) in [5.41, 5.74) is 8.32. The van der Waals surface area contributed by atoms with Crippen molar-refractivity contribution >= 4 is 39.9 Å². The highest BCUT2D eigenvalue weighted by Crippen LogP contribution is 2.40. The molecule has 0 unspecified atom stereocenters. The van der Waals surface area contributed by atoms with E-state index in [4.69, 9.17) is 33.7 Å². The zero-order valence-electron chi connectivity index (χ0n) is 15.1. The third-order valence-corrected chi connectivity index (χ3v) is 5.12. The number of halogens is 2. The molecule has 0 bridgehead atoms. The van der Waals surface area contributed by atoms with Gasteiger partial charge in [-0.25, -0.2) is 15.0 Å². The van der Waals surface area contributed by atoms with Crippen LogP contribution in [-0.4, -0.2) is 24.7 Å². The van der Waals surface area contributed by atoms with Crippen molar-refractivity contribution in [1.29, 1.82) is 0 Å². The van der Waals surface area contributed by atoms with Crippen LogP contribution in [0.3, 0.4) is 0 Å². The summed E-state index contributed by atoms with van der Waals surface area (Å²) in [5.74, 6) is 1.41. The Kier molecular flexibility index (Phi) is 4.78. The third kappa shape index (κ3) is 3.23. The minimum Gasteiger partial charge on any atom is -0.482 e. The average molecular weight is 415 g/mol. The second-order valence-electron chi connectivity index (χ2n) is 6.23. The van der Waals surface area contributed by atoms with Gasteiger partial charge in [0.2, 0.25) is 0 Å². The molecule has 0 aliphatic carbocycles. The number of ether oxygens (including phenoxy) is 1. The van der Waals surface area contributed by atoms with Gasteiger partial charge in [-0.1, -0.05) is 35.3 Å². The largest absolute Gasteiger partial charge is 0.482 e. The summed E-state index contributed by atoms with van der Waals surface area (Å²) in [7, 11) is 1.80. The second-order valence-corrected chi connectivity index (χ2v) is 7.02. The van der Waals surface area contributed by atoms with Gasteiger partial charge >= 0.3 is 0 Å². The SMILES string of the molecule is C[C@@H](Oc1ccc(-c2cccc(Cl)c2Cl)c2ncnc(N)c12)c1ncn(C)n1. The minimum atomic E-state index is -0.385. The number of rotatable bonds is 4. The van der Waals surface area contributed by atoms with Crippen molar-refractivity contribution in [3.05, 3.63) is 58.9 Å². The number of nitrogen functional groups attached to an aromatic ring is 1. The fourth-order valence-electron chi connectivity index (χ4n) is 2.98. The fourth-order valence-corrected chi connectivity index (χ4v) is 3.38. The molecule has 2 aromatic carbocycles. The van der Waals surface area contributed by atoms with Gasteiger partial charge in [0, 0.05) is 18.2 Å². The first-order chi connectivity index (χ1) is 13.5. The Bertz CT molecular complexity index is 1180. The molecule has 2 heterocycles. The highest BCUT2D eigenvalue weighted by Gasteiger charge is 2.19. The number of nitrogens with two attached hydrogens (primary N) is 1. The lowest BCUT2D eigenvalue weighted by Crippen LogP contribution is -2.07. The predicted octanol–water partition coefficient (Wildman–Crippen LogP) is 4.45. The second kappa shape index (κ2) is 7.26. The molecule has 142 valence electrons. The summed E-state index contributed by atoms with van der Waals surface area (Å²) < 4.78 is 7.72. The van der Waals surface area contributed by atoms with Crippen LogP contribution in [0.2, 0.25) is 10.0 Å². The van der Waals surface area contributed by atoms with Crippen LogP contribution in [0.25, 0.3) is 22.0 Å². The zero-order chi connectivity index (χ0) is 19.8. The molecule has 1 atom stereocenters. The smallest absolute Gasteiger partial charge is 0.191 e. The van der Waals surface area contributed by atoms with E-state index in [2.05, 4.69) is 20.1 Å². The van der Waals surface area contributed by atoms with E-state index < -0.39 is 0 Å². The molecule has 0 fully saturated rings. The quantitative estimate of drug-likeness (QED) is 0.529. The maximum Gasteiger partial charge on any atom is 0.191 e. The first-order valence-corrected chi connectivity index (χ1v) is 9.21. The maximum absolute atomic E-state index is 6.42. The zero-order valence-corrected chi connectivity index (χ0v) is 16.6. The lowest BCUT2D eigenvalue weighted by Gasteiger charge is -2.16. The Morgan fingerprint density at radius 2 is 1.89 bits per heavy atom. The molecule has 0 radical (unpaired) electrons. The molecule has 9 heteroatoms. The van der Waals surface area contributed by atoms with Gasteiger partial charge in [-0.3, -0.25) is 4.68 Å². The molecule has 0 aliphatic heterocycles. The highest BCUT2D eigenvalue weighted by atomic mass is 35.5. The van der Waals surface area contributed by atoms with E-state index >= 15 is 0 Å². The van der Waals surface area contributed by atoms with Crippen molar-refractivity contribution in [2.24, 2.45) is 7.05 Å². The molecule has 2 aromatic heterocycles. The summed E-state index contributed by atoms with van der Waals surface area (Å²) >= 11 is 12.6. The summed E-state index contributed by atoms with van der Waals surface area (Å²) in [6, 6.07) is 9.13.